The highest BCUT2D eigenvalue weighted by Crippen LogP contribution is 2.65. The molecule has 2 aliphatic carbocycles. The minimum atomic E-state index is -0.325. The van der Waals surface area contributed by atoms with Crippen molar-refractivity contribution in [2.45, 2.75) is 37.1 Å². The van der Waals surface area contributed by atoms with Crippen LogP contribution in [0.5, 0.6) is 0 Å². The molecule has 2 unspecified atom stereocenters. The standard InChI is InChI=1S/C11H14O4/c12-8-5-2-13-11(14-5)7-4-1-3(6(7)8)9-10(4)15-9/h3-12H,1-2H2/t3-,4+,5+,6-,7+,8-,9?,10?,11+/m0/s1. The Labute approximate surface area is 87.5 Å². The molecule has 0 aromatic rings. The number of aliphatic hydroxyl groups excluding tert-OH is 1. The topological polar surface area (TPSA) is 51.2 Å². The zero-order valence-electron chi connectivity index (χ0n) is 8.28. The Bertz CT molecular complexity index is 319. The van der Waals surface area contributed by atoms with Crippen molar-refractivity contribution in [2.24, 2.45) is 23.7 Å². The molecule has 3 saturated heterocycles. The van der Waals surface area contributed by atoms with Gasteiger partial charge in [-0.05, 0) is 18.3 Å². The maximum absolute atomic E-state index is 10.3. The van der Waals surface area contributed by atoms with E-state index >= 15 is 0 Å². The van der Waals surface area contributed by atoms with Crippen molar-refractivity contribution in [1.29, 1.82) is 0 Å². The average Bonchev–Trinajstić information content (AvgIpc) is 2.70. The molecular formula is C11H14O4. The third-order valence-corrected chi connectivity index (χ3v) is 5.21. The lowest BCUT2D eigenvalue weighted by molar-refractivity contribution is -0.191. The lowest BCUT2D eigenvalue weighted by Gasteiger charge is -2.39. The number of hydrogen-bond donors (Lipinski definition) is 1. The van der Waals surface area contributed by atoms with Crippen LogP contribution >= 0.6 is 0 Å². The van der Waals surface area contributed by atoms with Crippen molar-refractivity contribution in [3.63, 3.8) is 0 Å². The zero-order valence-corrected chi connectivity index (χ0v) is 8.28. The van der Waals surface area contributed by atoms with Crippen LogP contribution in [0, 0.1) is 23.7 Å². The molecule has 4 nitrogen and oxygen atoms in total. The lowest BCUT2D eigenvalue weighted by atomic mass is 9.73. The Kier molecular flexibility index (Phi) is 1.20. The predicted octanol–water partition coefficient (Wildman–Crippen LogP) is -0.248. The first-order valence-electron chi connectivity index (χ1n) is 5.95. The van der Waals surface area contributed by atoms with Crippen LogP contribution in [0.2, 0.25) is 0 Å². The molecule has 5 aliphatic rings. The van der Waals surface area contributed by atoms with Gasteiger partial charge in [0, 0.05) is 11.8 Å². The highest BCUT2D eigenvalue weighted by atomic mass is 16.7. The molecule has 82 valence electrons. The first kappa shape index (κ1) is 8.01. The molecule has 1 N–H and O–H groups in total. The second-order valence-electron chi connectivity index (χ2n) is 5.65. The van der Waals surface area contributed by atoms with Gasteiger partial charge in [0.1, 0.15) is 6.10 Å². The fourth-order valence-electron chi connectivity index (χ4n) is 4.66. The van der Waals surface area contributed by atoms with Crippen molar-refractivity contribution >= 4 is 0 Å². The summed E-state index contributed by atoms with van der Waals surface area (Å²) >= 11 is 0. The third kappa shape index (κ3) is 0.751. The van der Waals surface area contributed by atoms with Gasteiger partial charge in [0.15, 0.2) is 6.29 Å². The summed E-state index contributed by atoms with van der Waals surface area (Å²) in [5.41, 5.74) is 0. The lowest BCUT2D eigenvalue weighted by Crippen LogP contribution is -2.50. The predicted molar refractivity (Wildman–Crippen MR) is 47.9 cm³/mol. The Morgan fingerprint density at radius 1 is 1.00 bits per heavy atom. The summed E-state index contributed by atoms with van der Waals surface area (Å²) < 4.78 is 17.0. The molecule has 0 spiro atoms. The van der Waals surface area contributed by atoms with Crippen LogP contribution in [0.4, 0.5) is 0 Å². The third-order valence-electron chi connectivity index (χ3n) is 5.21. The van der Waals surface area contributed by atoms with E-state index in [1.54, 1.807) is 0 Å². The fraction of sp³-hybridized carbons (Fsp3) is 1.00. The van der Waals surface area contributed by atoms with Crippen molar-refractivity contribution in [1.82, 2.24) is 0 Å². The number of hydrogen-bond acceptors (Lipinski definition) is 4. The number of ether oxygens (including phenoxy) is 3. The molecule has 2 saturated carbocycles. The van der Waals surface area contributed by atoms with E-state index in [9.17, 15) is 5.11 Å². The fourth-order valence-corrected chi connectivity index (χ4v) is 4.66. The van der Waals surface area contributed by atoms with Gasteiger partial charge >= 0.3 is 0 Å². The van der Waals surface area contributed by atoms with Gasteiger partial charge in [-0.1, -0.05) is 0 Å². The van der Waals surface area contributed by atoms with E-state index in [2.05, 4.69) is 0 Å². The molecule has 5 fully saturated rings. The Balaban J connectivity index is 1.61. The number of aliphatic hydroxyl groups is 1. The molecule has 3 aliphatic heterocycles. The van der Waals surface area contributed by atoms with Gasteiger partial charge in [0.25, 0.3) is 0 Å². The molecular weight excluding hydrogens is 196 g/mol. The largest absolute Gasteiger partial charge is 0.390 e. The van der Waals surface area contributed by atoms with Crippen molar-refractivity contribution in [3.8, 4) is 0 Å². The summed E-state index contributed by atoms with van der Waals surface area (Å²) in [6, 6.07) is 0. The van der Waals surface area contributed by atoms with Crippen LogP contribution in [0.15, 0.2) is 0 Å². The van der Waals surface area contributed by atoms with Gasteiger partial charge in [-0.2, -0.15) is 0 Å². The molecule has 4 bridgehead atoms. The van der Waals surface area contributed by atoms with Gasteiger partial charge < -0.3 is 19.3 Å². The average molecular weight is 210 g/mol. The molecule has 0 aromatic carbocycles. The summed E-state index contributed by atoms with van der Waals surface area (Å²) in [6.07, 6.45) is 1.69. The van der Waals surface area contributed by atoms with Crippen LogP contribution in [0.1, 0.15) is 6.42 Å². The quantitative estimate of drug-likeness (QED) is 0.560. The van der Waals surface area contributed by atoms with E-state index in [-0.39, 0.29) is 18.5 Å². The summed E-state index contributed by atoms with van der Waals surface area (Å²) in [5.74, 6) is 1.94. The van der Waals surface area contributed by atoms with Gasteiger partial charge in [-0.15, -0.1) is 0 Å². The zero-order chi connectivity index (χ0) is 9.73. The highest BCUT2D eigenvalue weighted by Gasteiger charge is 2.72. The summed E-state index contributed by atoms with van der Waals surface area (Å²) in [5, 5.41) is 10.3. The maximum Gasteiger partial charge on any atom is 0.161 e. The van der Waals surface area contributed by atoms with E-state index in [0.717, 1.165) is 0 Å². The summed E-state index contributed by atoms with van der Waals surface area (Å²) in [7, 11) is 0. The SMILES string of the molecule is O[C@@H]1[C@@H]2[C@H]([C@@H]3OC[C@H]1O3)[C@H]1C[C@@H]2C2OC21. The second kappa shape index (κ2) is 2.25. The second-order valence-corrected chi connectivity index (χ2v) is 5.65. The molecule has 5 rings (SSSR count). The van der Waals surface area contributed by atoms with E-state index in [1.807, 2.05) is 0 Å². The molecule has 3 heterocycles. The minimum Gasteiger partial charge on any atom is -0.390 e. The van der Waals surface area contributed by atoms with E-state index in [4.69, 9.17) is 14.2 Å². The molecule has 4 heteroatoms. The highest BCUT2D eigenvalue weighted by molar-refractivity contribution is 5.18. The van der Waals surface area contributed by atoms with Gasteiger partial charge in [0.05, 0.1) is 24.9 Å². The van der Waals surface area contributed by atoms with Crippen molar-refractivity contribution < 1.29 is 19.3 Å². The van der Waals surface area contributed by atoms with Crippen molar-refractivity contribution in [2.75, 3.05) is 6.61 Å². The van der Waals surface area contributed by atoms with Crippen LogP contribution < -0.4 is 0 Å². The Hall–Kier alpha value is -0.160. The molecule has 9 atom stereocenters. The van der Waals surface area contributed by atoms with Crippen molar-refractivity contribution in [3.05, 3.63) is 0 Å². The normalized spacial score (nSPS) is 73.0. The molecule has 0 radical (unpaired) electrons. The molecule has 0 aromatic heterocycles. The van der Waals surface area contributed by atoms with E-state index in [1.165, 1.54) is 6.42 Å². The minimum absolute atomic E-state index is 0.0523. The van der Waals surface area contributed by atoms with E-state index < -0.39 is 0 Å². The first-order chi connectivity index (χ1) is 7.34. The summed E-state index contributed by atoms with van der Waals surface area (Å²) in [6.45, 7) is 0.578. The Morgan fingerprint density at radius 2 is 1.80 bits per heavy atom. The monoisotopic (exact) mass is 210 g/mol. The summed E-state index contributed by atoms with van der Waals surface area (Å²) in [4.78, 5) is 0. The van der Waals surface area contributed by atoms with Crippen LogP contribution in [-0.4, -0.2) is 42.4 Å². The smallest absolute Gasteiger partial charge is 0.161 e. The van der Waals surface area contributed by atoms with Gasteiger partial charge in [-0.25, -0.2) is 0 Å². The number of epoxide rings is 1. The number of rotatable bonds is 0. The van der Waals surface area contributed by atoms with Gasteiger partial charge in [-0.3, -0.25) is 0 Å². The number of fused-ring (bicyclic) bond motifs is 11. The van der Waals surface area contributed by atoms with E-state index in [0.29, 0.717) is 42.5 Å². The molecule has 0 amide bonds. The van der Waals surface area contributed by atoms with Gasteiger partial charge in [0.2, 0.25) is 0 Å². The first-order valence-corrected chi connectivity index (χ1v) is 5.95. The Morgan fingerprint density at radius 3 is 2.67 bits per heavy atom. The van der Waals surface area contributed by atoms with Crippen LogP contribution in [-0.2, 0) is 14.2 Å². The molecule has 15 heavy (non-hydrogen) atoms. The van der Waals surface area contributed by atoms with Crippen LogP contribution in [0.25, 0.3) is 0 Å². The van der Waals surface area contributed by atoms with Crippen LogP contribution in [0.3, 0.4) is 0 Å². The maximum atomic E-state index is 10.3.